The van der Waals surface area contributed by atoms with E-state index in [-0.39, 0.29) is 22.3 Å². The number of nitrogens with two attached hydrogens (primary N) is 1. The lowest BCUT2D eigenvalue weighted by Gasteiger charge is -2.19. The highest BCUT2D eigenvalue weighted by Crippen LogP contribution is 2.38. The molecule has 2 amide bonds. The molecule has 26 heavy (non-hydrogen) atoms. The summed E-state index contributed by atoms with van der Waals surface area (Å²) in [5.41, 5.74) is 6.53. The Morgan fingerprint density at radius 2 is 1.85 bits per heavy atom. The Bertz CT molecular complexity index is 856. The van der Waals surface area contributed by atoms with E-state index in [1.54, 1.807) is 24.3 Å². The number of hydrogen-bond acceptors (Lipinski definition) is 4. The Kier molecular flexibility index (Phi) is 6.83. The first-order valence-corrected chi connectivity index (χ1v) is 8.39. The van der Waals surface area contributed by atoms with Gasteiger partial charge in [-0.05, 0) is 29.8 Å². The number of nitriles is 1. The standard InChI is InChI=1S/C17H13Cl3N4O2/c18-11-3-1-10(2-4-11)13(9-21)16-14(19)7-12(8-15(16)20)24(17(22)26)23-5-6-25/h1-5,7-8,13,25H,6H2,(H2,22,26)/b23-5+. The lowest BCUT2D eigenvalue weighted by Crippen LogP contribution is -2.31. The van der Waals surface area contributed by atoms with Gasteiger partial charge in [0, 0.05) is 20.6 Å². The molecule has 0 saturated carbocycles. The van der Waals surface area contributed by atoms with Gasteiger partial charge in [-0.1, -0.05) is 46.9 Å². The molecule has 0 bridgehead atoms. The predicted molar refractivity (Wildman–Crippen MR) is 103 cm³/mol. The maximum absolute atomic E-state index is 11.6. The fourth-order valence-corrected chi connectivity index (χ4v) is 3.12. The van der Waals surface area contributed by atoms with Gasteiger partial charge in [0.15, 0.2) is 0 Å². The number of carbonyl (C=O) groups excluding carboxylic acids is 1. The summed E-state index contributed by atoms with van der Waals surface area (Å²) in [5, 5.41) is 23.9. The van der Waals surface area contributed by atoms with Crippen LogP contribution in [0.3, 0.4) is 0 Å². The summed E-state index contributed by atoms with van der Waals surface area (Å²) < 4.78 is 0. The van der Waals surface area contributed by atoms with Crippen LogP contribution in [-0.2, 0) is 0 Å². The number of hydrogen-bond donors (Lipinski definition) is 2. The molecule has 0 spiro atoms. The van der Waals surface area contributed by atoms with Crippen molar-refractivity contribution in [2.24, 2.45) is 10.8 Å². The number of anilines is 1. The van der Waals surface area contributed by atoms with Gasteiger partial charge in [0.05, 0.1) is 30.5 Å². The smallest absolute Gasteiger partial charge is 0.339 e. The minimum atomic E-state index is -0.885. The second-order valence-electron chi connectivity index (χ2n) is 5.07. The first-order chi connectivity index (χ1) is 12.4. The molecule has 1 atom stereocenters. The summed E-state index contributed by atoms with van der Waals surface area (Å²) in [6.45, 7) is -0.379. The van der Waals surface area contributed by atoms with Crippen LogP contribution in [0.1, 0.15) is 17.0 Å². The number of benzene rings is 2. The van der Waals surface area contributed by atoms with Crippen LogP contribution in [0.15, 0.2) is 41.5 Å². The Labute approximate surface area is 165 Å². The molecule has 0 aliphatic rings. The molecular weight excluding hydrogens is 399 g/mol. The minimum absolute atomic E-state index is 0.166. The third-order valence-corrected chi connectivity index (χ3v) is 4.29. The van der Waals surface area contributed by atoms with Gasteiger partial charge < -0.3 is 10.8 Å². The van der Waals surface area contributed by atoms with Gasteiger partial charge in [-0.15, -0.1) is 0 Å². The first kappa shape index (κ1) is 20.0. The highest BCUT2D eigenvalue weighted by Gasteiger charge is 2.23. The van der Waals surface area contributed by atoms with E-state index >= 15 is 0 Å². The highest BCUT2D eigenvalue weighted by atomic mass is 35.5. The van der Waals surface area contributed by atoms with Crippen molar-refractivity contribution >= 4 is 52.7 Å². The number of nitrogens with zero attached hydrogens (tertiary/aromatic N) is 3. The lowest BCUT2D eigenvalue weighted by atomic mass is 9.92. The second kappa shape index (κ2) is 8.88. The van der Waals surface area contributed by atoms with Gasteiger partial charge >= 0.3 is 6.03 Å². The van der Waals surface area contributed by atoms with Gasteiger partial charge in [-0.3, -0.25) is 0 Å². The summed E-state index contributed by atoms with van der Waals surface area (Å²) >= 11 is 18.5. The zero-order valence-electron chi connectivity index (χ0n) is 13.2. The van der Waals surface area contributed by atoms with Crippen molar-refractivity contribution in [3.63, 3.8) is 0 Å². The van der Waals surface area contributed by atoms with E-state index in [2.05, 4.69) is 11.2 Å². The van der Waals surface area contributed by atoms with Crippen LogP contribution in [0.2, 0.25) is 15.1 Å². The van der Waals surface area contributed by atoms with Crippen LogP contribution in [0, 0.1) is 11.3 Å². The number of carbonyl (C=O) groups is 1. The van der Waals surface area contributed by atoms with Crippen molar-refractivity contribution in [3.05, 3.63) is 62.6 Å². The van der Waals surface area contributed by atoms with Crippen LogP contribution < -0.4 is 10.7 Å². The molecule has 2 aromatic carbocycles. The van der Waals surface area contributed by atoms with Crippen molar-refractivity contribution < 1.29 is 9.90 Å². The number of rotatable bonds is 5. The molecule has 0 heterocycles. The van der Waals surface area contributed by atoms with E-state index in [1.165, 1.54) is 12.1 Å². The summed E-state index contributed by atoms with van der Waals surface area (Å²) in [6.07, 6.45) is 1.09. The molecule has 0 fully saturated rings. The number of primary amides is 1. The molecule has 0 aliphatic heterocycles. The molecule has 0 aromatic heterocycles. The van der Waals surface area contributed by atoms with Gasteiger partial charge in [0.2, 0.25) is 0 Å². The predicted octanol–water partition coefficient (Wildman–Crippen LogP) is 4.17. The van der Waals surface area contributed by atoms with Crippen molar-refractivity contribution in [2.75, 3.05) is 11.6 Å². The molecule has 2 aromatic rings. The van der Waals surface area contributed by atoms with Gasteiger partial charge in [0.1, 0.15) is 0 Å². The maximum Gasteiger partial charge on any atom is 0.339 e. The molecule has 3 N–H and O–H groups in total. The third-order valence-electron chi connectivity index (χ3n) is 3.42. The fraction of sp³-hybridized carbons (Fsp3) is 0.118. The molecule has 2 rings (SSSR count). The monoisotopic (exact) mass is 410 g/mol. The van der Waals surface area contributed by atoms with Crippen molar-refractivity contribution in [3.8, 4) is 6.07 Å². The summed E-state index contributed by atoms with van der Waals surface area (Å²) in [7, 11) is 0. The quantitative estimate of drug-likeness (QED) is 0.570. The molecule has 9 heteroatoms. The van der Waals surface area contributed by atoms with Crippen LogP contribution in [-0.4, -0.2) is 24.0 Å². The number of aliphatic hydroxyl groups is 1. The van der Waals surface area contributed by atoms with E-state index < -0.39 is 11.9 Å². The molecule has 6 nitrogen and oxygen atoms in total. The zero-order valence-corrected chi connectivity index (χ0v) is 15.5. The lowest BCUT2D eigenvalue weighted by molar-refractivity contribution is 0.254. The summed E-state index contributed by atoms with van der Waals surface area (Å²) in [4.78, 5) is 11.6. The normalized spacial score (nSPS) is 12.0. The summed E-state index contributed by atoms with van der Waals surface area (Å²) in [5.74, 6) is -0.732. The maximum atomic E-state index is 11.6. The van der Waals surface area contributed by atoms with E-state index in [1.807, 2.05) is 0 Å². The first-order valence-electron chi connectivity index (χ1n) is 7.26. The zero-order chi connectivity index (χ0) is 19.3. The molecule has 1 unspecified atom stereocenters. The van der Waals surface area contributed by atoms with E-state index in [0.717, 1.165) is 11.2 Å². The van der Waals surface area contributed by atoms with E-state index in [9.17, 15) is 10.1 Å². The van der Waals surface area contributed by atoms with E-state index in [4.69, 9.17) is 45.6 Å². The number of aliphatic hydroxyl groups excluding tert-OH is 1. The van der Waals surface area contributed by atoms with Crippen molar-refractivity contribution in [1.82, 2.24) is 0 Å². The second-order valence-corrected chi connectivity index (χ2v) is 6.32. The topological polar surface area (TPSA) is 103 Å². The average molecular weight is 412 g/mol. The number of urea groups is 1. The van der Waals surface area contributed by atoms with Gasteiger partial charge in [0.25, 0.3) is 0 Å². The molecular formula is C17H13Cl3N4O2. The van der Waals surface area contributed by atoms with Crippen LogP contribution in [0.4, 0.5) is 10.5 Å². The number of amides is 2. The molecule has 0 aliphatic carbocycles. The SMILES string of the molecule is N#CC(c1ccc(Cl)cc1)c1c(Cl)cc(N(/N=C/CO)C(N)=O)cc1Cl. The number of hydrazone groups is 1. The van der Waals surface area contributed by atoms with E-state index in [0.29, 0.717) is 16.1 Å². The average Bonchev–Trinajstić information content (AvgIpc) is 2.59. The Balaban J connectivity index is 2.51. The Morgan fingerprint density at radius 1 is 1.27 bits per heavy atom. The molecule has 0 saturated heterocycles. The van der Waals surface area contributed by atoms with Crippen LogP contribution in [0.5, 0.6) is 0 Å². The van der Waals surface area contributed by atoms with Crippen LogP contribution in [0.25, 0.3) is 0 Å². The third kappa shape index (κ3) is 4.45. The van der Waals surface area contributed by atoms with Crippen molar-refractivity contribution in [1.29, 1.82) is 5.26 Å². The Morgan fingerprint density at radius 3 is 2.31 bits per heavy atom. The summed E-state index contributed by atoms with van der Waals surface area (Å²) in [6, 6.07) is 10.9. The van der Waals surface area contributed by atoms with Gasteiger partial charge in [-0.25, -0.2) is 4.79 Å². The fourth-order valence-electron chi connectivity index (χ4n) is 2.30. The minimum Gasteiger partial charge on any atom is -0.391 e. The Hall–Kier alpha value is -2.30. The molecule has 0 radical (unpaired) electrons. The van der Waals surface area contributed by atoms with Gasteiger partial charge in [-0.2, -0.15) is 15.4 Å². The largest absolute Gasteiger partial charge is 0.391 e. The molecule has 134 valence electrons. The number of halogens is 3. The highest BCUT2D eigenvalue weighted by molar-refractivity contribution is 6.36. The van der Waals surface area contributed by atoms with Crippen LogP contribution >= 0.6 is 34.8 Å². The van der Waals surface area contributed by atoms with Crippen molar-refractivity contribution in [2.45, 2.75) is 5.92 Å².